The summed E-state index contributed by atoms with van der Waals surface area (Å²) in [7, 11) is -4.20. The van der Waals surface area contributed by atoms with E-state index >= 15 is 0 Å². The van der Waals surface area contributed by atoms with Gasteiger partial charge in [-0.3, -0.25) is 13.9 Å². The van der Waals surface area contributed by atoms with E-state index in [0.717, 1.165) is 26.6 Å². The van der Waals surface area contributed by atoms with Gasteiger partial charge in [0.1, 0.15) is 12.6 Å². The van der Waals surface area contributed by atoms with Gasteiger partial charge in [0.15, 0.2) is 0 Å². The molecule has 4 aromatic rings. The van der Waals surface area contributed by atoms with Gasteiger partial charge in [-0.2, -0.15) is 0 Å². The quantitative estimate of drug-likeness (QED) is 0.156. The van der Waals surface area contributed by atoms with Gasteiger partial charge in [-0.1, -0.05) is 90.3 Å². The highest BCUT2D eigenvalue weighted by Crippen LogP contribution is 2.28. The van der Waals surface area contributed by atoms with Crippen LogP contribution in [0.4, 0.5) is 5.69 Å². The summed E-state index contributed by atoms with van der Waals surface area (Å²) in [6.07, 6.45) is 0.907. The lowest BCUT2D eigenvalue weighted by atomic mass is 10.0. The minimum absolute atomic E-state index is 0.00745. The molecule has 0 aliphatic carbocycles. The van der Waals surface area contributed by atoms with Gasteiger partial charge >= 0.3 is 0 Å². The van der Waals surface area contributed by atoms with E-state index in [1.54, 1.807) is 42.5 Å². The Labute approximate surface area is 288 Å². The van der Waals surface area contributed by atoms with Gasteiger partial charge in [-0.15, -0.1) is 0 Å². The molecule has 0 saturated heterocycles. The number of rotatable bonds is 13. The maximum atomic E-state index is 14.6. The van der Waals surface area contributed by atoms with E-state index in [9.17, 15) is 18.0 Å². The summed E-state index contributed by atoms with van der Waals surface area (Å²) in [6, 6.07) is 25.2. The summed E-state index contributed by atoms with van der Waals surface area (Å²) >= 11 is 12.6. The number of amides is 2. The number of sulfonamides is 1. The highest BCUT2D eigenvalue weighted by Gasteiger charge is 2.35. The fraction of sp³-hybridized carbons (Fsp3) is 0.297. The molecule has 2 amide bonds. The predicted molar refractivity (Wildman–Crippen MR) is 190 cm³/mol. The summed E-state index contributed by atoms with van der Waals surface area (Å²) in [4.78, 5) is 30.1. The Balaban J connectivity index is 1.84. The summed E-state index contributed by atoms with van der Waals surface area (Å²) in [5.74, 6) is -0.888. The van der Waals surface area contributed by atoms with Crippen LogP contribution in [0.2, 0.25) is 10.0 Å². The van der Waals surface area contributed by atoms with Crippen molar-refractivity contribution in [2.75, 3.05) is 10.8 Å². The SMILES string of the molecule is CC[C@H](C)NC(=O)[C@H](Cc1ccccc1)N(Cc1ccc(Cl)c(Cl)c1)C(=O)CN(c1ccc(C)c(C)c1)S(=O)(=O)c1ccc(C)cc1. The Hall–Kier alpha value is -3.85. The van der Waals surface area contributed by atoms with Gasteiger partial charge in [0, 0.05) is 19.0 Å². The lowest BCUT2D eigenvalue weighted by Crippen LogP contribution is -2.54. The molecule has 10 heteroatoms. The number of nitrogens with one attached hydrogen (secondary N) is 1. The van der Waals surface area contributed by atoms with E-state index < -0.39 is 28.5 Å². The van der Waals surface area contributed by atoms with Crippen molar-refractivity contribution in [3.63, 3.8) is 0 Å². The van der Waals surface area contributed by atoms with Crippen LogP contribution in [-0.4, -0.2) is 43.8 Å². The van der Waals surface area contributed by atoms with E-state index in [1.807, 2.05) is 71.0 Å². The van der Waals surface area contributed by atoms with Crippen LogP contribution >= 0.6 is 23.2 Å². The van der Waals surface area contributed by atoms with E-state index in [-0.39, 0.29) is 29.8 Å². The molecule has 0 unspecified atom stereocenters. The summed E-state index contributed by atoms with van der Waals surface area (Å²) in [6.45, 7) is 9.02. The monoisotopic (exact) mass is 693 g/mol. The van der Waals surface area contributed by atoms with E-state index in [4.69, 9.17) is 23.2 Å². The molecule has 0 bridgehead atoms. The number of hydrogen-bond donors (Lipinski definition) is 1. The fourth-order valence-corrected chi connectivity index (χ4v) is 6.80. The molecule has 0 radical (unpaired) electrons. The molecule has 1 N–H and O–H groups in total. The number of halogens is 2. The molecular formula is C37H41Cl2N3O4S. The van der Waals surface area contributed by atoms with Crippen LogP contribution in [0, 0.1) is 20.8 Å². The van der Waals surface area contributed by atoms with Crippen LogP contribution in [0.3, 0.4) is 0 Å². The van der Waals surface area contributed by atoms with E-state index in [1.165, 1.54) is 17.0 Å². The van der Waals surface area contributed by atoms with Crippen molar-refractivity contribution >= 4 is 50.7 Å². The minimum atomic E-state index is -4.20. The molecule has 47 heavy (non-hydrogen) atoms. The first-order valence-corrected chi connectivity index (χ1v) is 17.7. The van der Waals surface area contributed by atoms with Crippen molar-refractivity contribution in [3.05, 3.63) is 129 Å². The summed E-state index contributed by atoms with van der Waals surface area (Å²) < 4.78 is 29.6. The number of benzene rings is 4. The van der Waals surface area contributed by atoms with Crippen molar-refractivity contribution in [2.24, 2.45) is 0 Å². The smallest absolute Gasteiger partial charge is 0.264 e. The molecule has 0 aliphatic rings. The molecule has 0 aromatic heterocycles. The predicted octanol–water partition coefficient (Wildman–Crippen LogP) is 7.67. The third-order valence-electron chi connectivity index (χ3n) is 8.28. The number of anilines is 1. The maximum Gasteiger partial charge on any atom is 0.264 e. The molecule has 0 heterocycles. The Bertz CT molecular complexity index is 1820. The molecule has 2 atom stereocenters. The molecule has 248 valence electrons. The van der Waals surface area contributed by atoms with Crippen LogP contribution in [0.25, 0.3) is 0 Å². The zero-order valence-electron chi connectivity index (χ0n) is 27.3. The topological polar surface area (TPSA) is 86.8 Å². The molecule has 0 aliphatic heterocycles. The van der Waals surface area contributed by atoms with Crippen molar-refractivity contribution in [1.82, 2.24) is 10.2 Å². The highest BCUT2D eigenvalue weighted by atomic mass is 35.5. The Kier molecular flexibility index (Phi) is 12.1. The fourth-order valence-electron chi connectivity index (χ4n) is 5.08. The second-order valence-electron chi connectivity index (χ2n) is 11.9. The highest BCUT2D eigenvalue weighted by molar-refractivity contribution is 7.92. The normalized spacial score (nSPS) is 12.7. The van der Waals surface area contributed by atoms with Crippen molar-refractivity contribution in [2.45, 2.75) is 71.0 Å². The molecular weight excluding hydrogens is 653 g/mol. The van der Waals surface area contributed by atoms with Gasteiger partial charge in [0.05, 0.1) is 20.6 Å². The second-order valence-corrected chi connectivity index (χ2v) is 14.6. The molecule has 0 fully saturated rings. The van der Waals surface area contributed by atoms with Gasteiger partial charge in [-0.05, 0) is 92.8 Å². The standard InChI is InChI=1S/C37H41Cl2N3O4S/c1-6-28(5)40-37(44)35(22-29-10-8-7-9-11-29)41(23-30-15-19-33(38)34(39)21-30)36(43)24-42(31-16-14-26(3)27(4)20-31)47(45,46)32-17-12-25(2)13-18-32/h7-21,28,35H,6,22-24H2,1-5H3,(H,40,44)/t28-,35-/m0/s1. The Morgan fingerprint density at radius 2 is 1.49 bits per heavy atom. The minimum Gasteiger partial charge on any atom is -0.352 e. The van der Waals surface area contributed by atoms with Gasteiger partial charge in [0.2, 0.25) is 11.8 Å². The number of carbonyl (C=O) groups excluding carboxylic acids is 2. The van der Waals surface area contributed by atoms with Gasteiger partial charge < -0.3 is 10.2 Å². The first-order valence-electron chi connectivity index (χ1n) is 15.5. The first kappa shape index (κ1) is 36.0. The van der Waals surface area contributed by atoms with Crippen LogP contribution in [0.5, 0.6) is 0 Å². The molecule has 4 aromatic carbocycles. The molecule has 0 saturated carbocycles. The lowest BCUT2D eigenvalue weighted by molar-refractivity contribution is -0.140. The van der Waals surface area contributed by atoms with Crippen LogP contribution < -0.4 is 9.62 Å². The Morgan fingerprint density at radius 1 is 0.809 bits per heavy atom. The zero-order valence-corrected chi connectivity index (χ0v) is 29.7. The average molecular weight is 695 g/mol. The molecule has 7 nitrogen and oxygen atoms in total. The maximum absolute atomic E-state index is 14.6. The third-order valence-corrected chi connectivity index (χ3v) is 10.8. The van der Waals surface area contributed by atoms with Crippen LogP contribution in [0.1, 0.15) is 48.1 Å². The number of carbonyl (C=O) groups is 2. The van der Waals surface area contributed by atoms with Crippen molar-refractivity contribution in [3.8, 4) is 0 Å². The number of nitrogens with zero attached hydrogens (tertiary/aromatic N) is 2. The van der Waals surface area contributed by atoms with E-state index in [2.05, 4.69) is 5.32 Å². The number of aryl methyl sites for hydroxylation is 3. The summed E-state index contributed by atoms with van der Waals surface area (Å²) in [5, 5.41) is 3.70. The lowest BCUT2D eigenvalue weighted by Gasteiger charge is -2.34. The zero-order chi connectivity index (χ0) is 34.3. The second kappa shape index (κ2) is 15.8. The van der Waals surface area contributed by atoms with Crippen molar-refractivity contribution < 1.29 is 18.0 Å². The molecule has 4 rings (SSSR count). The Morgan fingerprint density at radius 3 is 2.11 bits per heavy atom. The number of hydrogen-bond acceptors (Lipinski definition) is 4. The molecule has 0 spiro atoms. The first-order chi connectivity index (χ1) is 22.3. The van der Waals surface area contributed by atoms with E-state index in [0.29, 0.717) is 27.7 Å². The van der Waals surface area contributed by atoms with Crippen LogP contribution in [0.15, 0.2) is 95.9 Å². The van der Waals surface area contributed by atoms with Crippen molar-refractivity contribution in [1.29, 1.82) is 0 Å². The average Bonchev–Trinajstić information content (AvgIpc) is 3.05. The third kappa shape index (κ3) is 9.15. The van der Waals surface area contributed by atoms with Gasteiger partial charge in [-0.25, -0.2) is 8.42 Å². The summed E-state index contributed by atoms with van der Waals surface area (Å²) in [5.41, 5.74) is 4.60. The van der Waals surface area contributed by atoms with Gasteiger partial charge in [0.25, 0.3) is 10.0 Å². The van der Waals surface area contributed by atoms with Crippen LogP contribution in [-0.2, 0) is 32.6 Å². The largest absolute Gasteiger partial charge is 0.352 e.